The van der Waals surface area contributed by atoms with Gasteiger partial charge in [0.25, 0.3) is 0 Å². The maximum Gasteiger partial charge on any atom is 0.241 e. The molecule has 182 valence electrons. The Morgan fingerprint density at radius 1 is 1.12 bits per heavy atom. The van der Waals surface area contributed by atoms with E-state index in [1.54, 1.807) is 24.3 Å². The normalized spacial score (nSPS) is 15.7. The van der Waals surface area contributed by atoms with E-state index >= 15 is 0 Å². The molecule has 1 saturated heterocycles. The van der Waals surface area contributed by atoms with E-state index in [0.717, 1.165) is 11.1 Å². The number of hydrogen-bond acceptors (Lipinski definition) is 6. The monoisotopic (exact) mass is 492 g/mol. The molecule has 1 heterocycles. The Balaban J connectivity index is 1.53. The highest BCUT2D eigenvalue weighted by Crippen LogP contribution is 2.22. The van der Waals surface area contributed by atoms with Crippen molar-refractivity contribution in [1.29, 1.82) is 0 Å². The van der Waals surface area contributed by atoms with Crippen molar-refractivity contribution < 1.29 is 27.2 Å². The van der Waals surface area contributed by atoms with Gasteiger partial charge in [-0.2, -0.15) is 4.72 Å². The number of sulfonamides is 1. The van der Waals surface area contributed by atoms with Gasteiger partial charge in [0.1, 0.15) is 18.5 Å². The van der Waals surface area contributed by atoms with Crippen molar-refractivity contribution in [2.24, 2.45) is 16.6 Å². The van der Waals surface area contributed by atoms with Gasteiger partial charge in [-0.1, -0.05) is 24.3 Å². The molecule has 0 aromatic heterocycles. The van der Waals surface area contributed by atoms with Crippen LogP contribution in [0.2, 0.25) is 0 Å². The Kier molecular flexibility index (Phi) is 8.02. The minimum atomic E-state index is -3.97. The summed E-state index contributed by atoms with van der Waals surface area (Å²) in [5.41, 5.74) is 11.7. The highest BCUT2D eigenvalue weighted by Gasteiger charge is 2.35. The molecule has 0 bridgehead atoms. The third-order valence-electron chi connectivity index (χ3n) is 4.96. The number of halogens is 1. The zero-order valence-electron chi connectivity index (χ0n) is 18.1. The number of carbonyl (C=O) groups excluding carboxylic acids is 2. The zero-order chi connectivity index (χ0) is 24.7. The topological polar surface area (TPSA) is 169 Å². The number of hydrogen-bond donors (Lipinski definition) is 4. The Hall–Kier alpha value is -3.71. The maximum absolute atomic E-state index is 13.1. The lowest BCUT2D eigenvalue weighted by Gasteiger charge is -2.17. The summed E-state index contributed by atoms with van der Waals surface area (Å²) in [7, 11) is -3.97. The number of benzene rings is 2. The minimum absolute atomic E-state index is 0.0110. The Labute approximate surface area is 196 Å². The summed E-state index contributed by atoms with van der Waals surface area (Å²) in [6.07, 6.45) is 0.229. The molecular formula is C21H25FN6O5S. The molecule has 1 fully saturated rings. The van der Waals surface area contributed by atoms with E-state index in [9.17, 15) is 22.4 Å². The number of nitrogens with one attached hydrogen (secondary N) is 2. The van der Waals surface area contributed by atoms with Gasteiger partial charge in [0.05, 0.1) is 18.0 Å². The lowest BCUT2D eigenvalue weighted by molar-refractivity contribution is -0.134. The number of guanidine groups is 1. The van der Waals surface area contributed by atoms with Crippen molar-refractivity contribution in [2.45, 2.75) is 17.4 Å². The van der Waals surface area contributed by atoms with Crippen LogP contribution in [0.15, 0.2) is 58.6 Å². The standard InChI is InChI=1S/C21H25FN6O5S/c22-16-5-1-14(2-6-16)15-3-7-17(8-4-15)34(31,32)27-18-9-11-28(20(18)30)13-19(29)25-10-12-33-26-21(23)24/h1-8,18,27H,9-13H2,(H,25,29)(H4,23,24,26)/t18-/m0/s1. The van der Waals surface area contributed by atoms with Crippen LogP contribution in [0, 0.1) is 5.82 Å². The molecule has 0 unspecified atom stereocenters. The lowest BCUT2D eigenvalue weighted by atomic mass is 10.1. The van der Waals surface area contributed by atoms with E-state index in [1.807, 2.05) is 0 Å². The molecule has 0 radical (unpaired) electrons. The third-order valence-corrected chi connectivity index (χ3v) is 6.44. The van der Waals surface area contributed by atoms with Crippen LogP contribution in [0.4, 0.5) is 4.39 Å². The van der Waals surface area contributed by atoms with Gasteiger partial charge in [0.2, 0.25) is 27.8 Å². The Bertz CT molecular complexity index is 1150. The van der Waals surface area contributed by atoms with E-state index < -0.39 is 27.9 Å². The first-order chi connectivity index (χ1) is 16.2. The van der Waals surface area contributed by atoms with E-state index in [-0.39, 0.29) is 49.3 Å². The summed E-state index contributed by atoms with van der Waals surface area (Å²) in [6, 6.07) is 10.9. The van der Waals surface area contributed by atoms with Crippen LogP contribution in [0.25, 0.3) is 11.1 Å². The highest BCUT2D eigenvalue weighted by atomic mass is 32.2. The second-order valence-electron chi connectivity index (χ2n) is 7.45. The number of amides is 2. The molecule has 2 aromatic rings. The first kappa shape index (κ1) is 24.9. The molecule has 1 atom stereocenters. The fourth-order valence-corrected chi connectivity index (χ4v) is 4.54. The van der Waals surface area contributed by atoms with E-state index in [2.05, 4.69) is 15.2 Å². The van der Waals surface area contributed by atoms with Crippen molar-refractivity contribution in [3.8, 4) is 11.1 Å². The molecule has 0 aliphatic carbocycles. The molecule has 13 heteroatoms. The lowest BCUT2D eigenvalue weighted by Crippen LogP contribution is -2.44. The maximum atomic E-state index is 13.1. The number of nitrogens with zero attached hydrogens (tertiary/aromatic N) is 2. The number of oxime groups is 1. The molecule has 34 heavy (non-hydrogen) atoms. The zero-order valence-corrected chi connectivity index (χ0v) is 18.9. The molecule has 11 nitrogen and oxygen atoms in total. The van der Waals surface area contributed by atoms with E-state index in [1.165, 1.54) is 29.2 Å². The van der Waals surface area contributed by atoms with E-state index in [4.69, 9.17) is 16.3 Å². The van der Waals surface area contributed by atoms with E-state index in [0.29, 0.717) is 0 Å². The fourth-order valence-electron chi connectivity index (χ4n) is 3.32. The Morgan fingerprint density at radius 2 is 1.74 bits per heavy atom. The molecule has 1 aliphatic heterocycles. The molecule has 1 aliphatic rings. The number of likely N-dealkylation sites (tertiary alicyclic amines) is 1. The first-order valence-corrected chi connectivity index (χ1v) is 11.8. The fraction of sp³-hybridized carbons (Fsp3) is 0.286. The predicted molar refractivity (Wildman–Crippen MR) is 122 cm³/mol. The minimum Gasteiger partial charge on any atom is -0.391 e. The van der Waals surface area contributed by atoms with Gasteiger partial charge in [-0.05, 0) is 47.0 Å². The average molecular weight is 493 g/mol. The third kappa shape index (κ3) is 6.65. The van der Waals surface area contributed by atoms with Crippen molar-refractivity contribution in [2.75, 3.05) is 26.2 Å². The number of carbonyl (C=O) groups is 2. The van der Waals surface area contributed by atoms with Crippen molar-refractivity contribution in [1.82, 2.24) is 14.9 Å². The smallest absolute Gasteiger partial charge is 0.241 e. The summed E-state index contributed by atoms with van der Waals surface area (Å²) in [5, 5.41) is 5.85. The van der Waals surface area contributed by atoms with Gasteiger partial charge in [0.15, 0.2) is 0 Å². The summed E-state index contributed by atoms with van der Waals surface area (Å²) >= 11 is 0. The highest BCUT2D eigenvalue weighted by molar-refractivity contribution is 7.89. The quantitative estimate of drug-likeness (QED) is 0.153. The molecule has 6 N–H and O–H groups in total. The first-order valence-electron chi connectivity index (χ1n) is 10.3. The van der Waals surface area contributed by atoms with Crippen LogP contribution in [-0.4, -0.2) is 63.4 Å². The second-order valence-corrected chi connectivity index (χ2v) is 9.17. The molecular weight excluding hydrogens is 467 g/mol. The van der Waals surface area contributed by atoms with Gasteiger partial charge in [0, 0.05) is 6.54 Å². The molecule has 0 spiro atoms. The van der Waals surface area contributed by atoms with Crippen LogP contribution in [0.5, 0.6) is 0 Å². The van der Waals surface area contributed by atoms with Crippen LogP contribution >= 0.6 is 0 Å². The largest absolute Gasteiger partial charge is 0.391 e. The molecule has 2 amide bonds. The summed E-state index contributed by atoms with van der Waals surface area (Å²) in [6.45, 7) is 0.181. The van der Waals surface area contributed by atoms with Crippen LogP contribution in [-0.2, 0) is 24.4 Å². The van der Waals surface area contributed by atoms with Gasteiger partial charge in [-0.15, -0.1) is 0 Å². The summed E-state index contributed by atoms with van der Waals surface area (Å²) < 4.78 is 41.0. The summed E-state index contributed by atoms with van der Waals surface area (Å²) in [5.74, 6) is -1.52. The number of rotatable bonds is 10. The summed E-state index contributed by atoms with van der Waals surface area (Å²) in [4.78, 5) is 30.6. The predicted octanol–water partition coefficient (Wildman–Crippen LogP) is -0.307. The van der Waals surface area contributed by atoms with Crippen LogP contribution in [0.1, 0.15) is 6.42 Å². The van der Waals surface area contributed by atoms with Gasteiger partial charge in [-0.3, -0.25) is 9.59 Å². The average Bonchev–Trinajstić information content (AvgIpc) is 3.12. The molecule has 2 aromatic carbocycles. The van der Waals surface area contributed by atoms with Crippen LogP contribution < -0.4 is 21.5 Å². The van der Waals surface area contributed by atoms with Crippen molar-refractivity contribution >= 4 is 27.8 Å². The molecule has 0 saturated carbocycles. The SMILES string of the molecule is NC(N)=NOCCNC(=O)CN1CC[C@H](NS(=O)(=O)c2ccc(-c3ccc(F)cc3)cc2)C1=O. The number of nitrogens with two attached hydrogens (primary N) is 2. The van der Waals surface area contributed by atoms with Crippen molar-refractivity contribution in [3.05, 3.63) is 54.3 Å². The van der Waals surface area contributed by atoms with Gasteiger partial charge >= 0.3 is 0 Å². The van der Waals surface area contributed by atoms with Gasteiger partial charge in [-0.25, -0.2) is 12.8 Å². The second kappa shape index (κ2) is 10.9. The Morgan fingerprint density at radius 3 is 2.35 bits per heavy atom. The molecule has 3 rings (SSSR count). The van der Waals surface area contributed by atoms with Crippen molar-refractivity contribution in [3.63, 3.8) is 0 Å². The van der Waals surface area contributed by atoms with Crippen LogP contribution in [0.3, 0.4) is 0 Å². The van der Waals surface area contributed by atoms with Gasteiger partial charge < -0.3 is 26.5 Å².